The summed E-state index contributed by atoms with van der Waals surface area (Å²) in [6, 6.07) is 8.89. The van der Waals surface area contributed by atoms with Crippen LogP contribution in [0.5, 0.6) is 5.75 Å². The van der Waals surface area contributed by atoms with Gasteiger partial charge < -0.3 is 10.1 Å². The number of benzene rings is 1. The highest BCUT2D eigenvalue weighted by molar-refractivity contribution is 5.56. The Hall–Kier alpha value is -1.18. The van der Waals surface area contributed by atoms with Crippen molar-refractivity contribution in [3.63, 3.8) is 0 Å². The Morgan fingerprint density at radius 3 is 2.70 bits per heavy atom. The predicted molar refractivity (Wildman–Crippen MR) is 86.4 cm³/mol. The number of nitrogens with one attached hydrogen (secondary N) is 1. The fraction of sp³-hybridized carbons (Fsp3) is 0.667. The Labute approximate surface area is 123 Å². The van der Waals surface area contributed by atoms with E-state index in [1.165, 1.54) is 19.3 Å². The number of ether oxygens (including phenoxy) is 1. The van der Waals surface area contributed by atoms with E-state index in [-0.39, 0.29) is 0 Å². The van der Waals surface area contributed by atoms with E-state index < -0.39 is 0 Å². The second kappa shape index (κ2) is 7.01. The molecule has 0 aliphatic heterocycles. The van der Waals surface area contributed by atoms with Crippen LogP contribution < -0.4 is 10.1 Å². The second-order valence-electron chi connectivity index (χ2n) is 6.51. The first-order valence-electron chi connectivity index (χ1n) is 8.10. The molecule has 0 spiro atoms. The van der Waals surface area contributed by atoms with Crippen molar-refractivity contribution in [3.05, 3.63) is 24.3 Å². The summed E-state index contributed by atoms with van der Waals surface area (Å²) >= 11 is 0. The first-order chi connectivity index (χ1) is 9.61. The van der Waals surface area contributed by atoms with Gasteiger partial charge in [-0.3, -0.25) is 0 Å². The Kier molecular flexibility index (Phi) is 5.33. The quantitative estimate of drug-likeness (QED) is 0.820. The molecule has 0 aromatic heterocycles. The third-order valence-electron chi connectivity index (χ3n) is 4.55. The van der Waals surface area contributed by atoms with Crippen LogP contribution in [0.25, 0.3) is 0 Å². The van der Waals surface area contributed by atoms with Gasteiger partial charge in [0.15, 0.2) is 0 Å². The molecule has 1 N–H and O–H groups in total. The zero-order valence-corrected chi connectivity index (χ0v) is 13.4. The molecule has 0 bridgehead atoms. The van der Waals surface area contributed by atoms with E-state index in [0.29, 0.717) is 12.6 Å². The van der Waals surface area contributed by atoms with Crippen molar-refractivity contribution in [2.75, 3.05) is 11.9 Å². The van der Waals surface area contributed by atoms with Crippen LogP contribution in [0.3, 0.4) is 0 Å². The van der Waals surface area contributed by atoms with Crippen molar-refractivity contribution >= 4 is 5.69 Å². The standard InChI is InChI=1S/C18H29NO/c1-5-20-18-9-7-6-8-16(18)19-17-12-14(4)10-11-15(17)13(2)3/h6-9,13-15,17,19H,5,10-12H2,1-4H3. The normalized spacial score (nSPS) is 26.6. The molecule has 20 heavy (non-hydrogen) atoms. The van der Waals surface area contributed by atoms with Gasteiger partial charge in [-0.2, -0.15) is 0 Å². The van der Waals surface area contributed by atoms with Gasteiger partial charge in [0.25, 0.3) is 0 Å². The predicted octanol–water partition coefficient (Wildman–Crippen LogP) is 4.96. The van der Waals surface area contributed by atoms with Crippen LogP contribution in [0.4, 0.5) is 5.69 Å². The van der Waals surface area contributed by atoms with Gasteiger partial charge in [0.1, 0.15) is 5.75 Å². The van der Waals surface area contributed by atoms with E-state index in [9.17, 15) is 0 Å². The zero-order chi connectivity index (χ0) is 14.5. The minimum Gasteiger partial charge on any atom is -0.492 e. The van der Waals surface area contributed by atoms with Gasteiger partial charge in [-0.15, -0.1) is 0 Å². The van der Waals surface area contributed by atoms with E-state index in [1.54, 1.807) is 0 Å². The van der Waals surface area contributed by atoms with Crippen molar-refractivity contribution in [1.82, 2.24) is 0 Å². The number of rotatable bonds is 5. The summed E-state index contributed by atoms with van der Waals surface area (Å²) in [6.45, 7) is 9.83. The third kappa shape index (κ3) is 3.68. The fourth-order valence-corrected chi connectivity index (χ4v) is 3.44. The summed E-state index contributed by atoms with van der Waals surface area (Å²) in [7, 11) is 0. The molecule has 0 amide bonds. The lowest BCUT2D eigenvalue weighted by Crippen LogP contribution is -2.37. The number of hydrogen-bond acceptors (Lipinski definition) is 2. The fourth-order valence-electron chi connectivity index (χ4n) is 3.44. The van der Waals surface area contributed by atoms with Gasteiger partial charge >= 0.3 is 0 Å². The second-order valence-corrected chi connectivity index (χ2v) is 6.51. The van der Waals surface area contributed by atoms with Crippen LogP contribution in [0.2, 0.25) is 0 Å². The first kappa shape index (κ1) is 15.2. The number of anilines is 1. The molecule has 2 nitrogen and oxygen atoms in total. The molecule has 1 fully saturated rings. The highest BCUT2D eigenvalue weighted by Crippen LogP contribution is 2.36. The Morgan fingerprint density at radius 1 is 1.25 bits per heavy atom. The highest BCUT2D eigenvalue weighted by atomic mass is 16.5. The highest BCUT2D eigenvalue weighted by Gasteiger charge is 2.30. The van der Waals surface area contributed by atoms with Crippen LogP contribution in [0, 0.1) is 17.8 Å². The lowest BCUT2D eigenvalue weighted by Gasteiger charge is -2.38. The SMILES string of the molecule is CCOc1ccccc1NC1CC(C)CCC1C(C)C. The molecular weight excluding hydrogens is 246 g/mol. The van der Waals surface area contributed by atoms with Gasteiger partial charge in [0.05, 0.1) is 12.3 Å². The molecule has 112 valence electrons. The number of hydrogen-bond donors (Lipinski definition) is 1. The molecule has 1 aromatic rings. The monoisotopic (exact) mass is 275 g/mol. The van der Waals surface area contributed by atoms with Gasteiger partial charge in [0.2, 0.25) is 0 Å². The van der Waals surface area contributed by atoms with Crippen molar-refractivity contribution < 1.29 is 4.74 Å². The molecule has 0 saturated heterocycles. The molecule has 2 heteroatoms. The molecule has 1 saturated carbocycles. The van der Waals surface area contributed by atoms with Crippen molar-refractivity contribution in [3.8, 4) is 5.75 Å². The smallest absolute Gasteiger partial charge is 0.142 e. The average Bonchev–Trinajstić information content (AvgIpc) is 2.41. The van der Waals surface area contributed by atoms with E-state index in [4.69, 9.17) is 4.74 Å². The average molecular weight is 275 g/mol. The molecule has 0 heterocycles. The molecular formula is C18H29NO. The molecule has 3 unspecified atom stereocenters. The van der Waals surface area contributed by atoms with Crippen molar-refractivity contribution in [2.24, 2.45) is 17.8 Å². The Morgan fingerprint density at radius 2 is 2.00 bits per heavy atom. The van der Waals surface area contributed by atoms with Gasteiger partial charge in [0, 0.05) is 6.04 Å². The van der Waals surface area contributed by atoms with E-state index in [2.05, 4.69) is 44.3 Å². The van der Waals surface area contributed by atoms with Crippen LogP contribution in [-0.2, 0) is 0 Å². The minimum absolute atomic E-state index is 0.570. The summed E-state index contributed by atoms with van der Waals surface area (Å²) in [5.74, 6) is 3.30. The van der Waals surface area contributed by atoms with Crippen molar-refractivity contribution in [1.29, 1.82) is 0 Å². The van der Waals surface area contributed by atoms with Gasteiger partial charge in [-0.1, -0.05) is 39.3 Å². The van der Waals surface area contributed by atoms with Gasteiger partial charge in [-0.25, -0.2) is 0 Å². The number of para-hydroxylation sites is 2. The summed E-state index contributed by atoms with van der Waals surface area (Å²) in [5.41, 5.74) is 1.15. The molecule has 0 radical (unpaired) electrons. The maximum absolute atomic E-state index is 5.74. The molecule has 2 rings (SSSR count). The molecule has 1 aromatic carbocycles. The molecule has 3 atom stereocenters. The van der Waals surface area contributed by atoms with Crippen molar-refractivity contribution in [2.45, 2.75) is 53.0 Å². The lowest BCUT2D eigenvalue weighted by atomic mass is 9.74. The summed E-state index contributed by atoms with van der Waals surface area (Å²) in [4.78, 5) is 0. The van der Waals surface area contributed by atoms with E-state index in [0.717, 1.165) is 29.2 Å². The summed E-state index contributed by atoms with van der Waals surface area (Å²) < 4.78 is 5.74. The first-order valence-corrected chi connectivity index (χ1v) is 8.10. The maximum atomic E-state index is 5.74. The van der Waals surface area contributed by atoms with E-state index >= 15 is 0 Å². The van der Waals surface area contributed by atoms with Crippen LogP contribution in [0.15, 0.2) is 24.3 Å². The topological polar surface area (TPSA) is 21.3 Å². The minimum atomic E-state index is 0.570. The van der Waals surface area contributed by atoms with Crippen LogP contribution in [0.1, 0.15) is 47.0 Å². The van der Waals surface area contributed by atoms with Crippen LogP contribution >= 0.6 is 0 Å². The lowest BCUT2D eigenvalue weighted by molar-refractivity contribution is 0.211. The largest absolute Gasteiger partial charge is 0.492 e. The molecule has 1 aliphatic rings. The summed E-state index contributed by atoms with van der Waals surface area (Å²) in [6.07, 6.45) is 3.98. The summed E-state index contributed by atoms with van der Waals surface area (Å²) in [5, 5.41) is 3.77. The Balaban J connectivity index is 2.13. The van der Waals surface area contributed by atoms with Crippen LogP contribution in [-0.4, -0.2) is 12.6 Å². The zero-order valence-electron chi connectivity index (χ0n) is 13.4. The molecule has 1 aliphatic carbocycles. The van der Waals surface area contributed by atoms with Gasteiger partial charge in [-0.05, 0) is 49.7 Å². The maximum Gasteiger partial charge on any atom is 0.142 e. The Bertz CT molecular complexity index is 416. The van der Waals surface area contributed by atoms with E-state index in [1.807, 2.05) is 13.0 Å². The third-order valence-corrected chi connectivity index (χ3v) is 4.55.